The highest BCUT2D eigenvalue weighted by Crippen LogP contribution is 2.36. The summed E-state index contributed by atoms with van der Waals surface area (Å²) < 4.78 is 15.6. The van der Waals surface area contributed by atoms with Crippen molar-refractivity contribution in [2.45, 2.75) is 0 Å². The van der Waals surface area contributed by atoms with Crippen molar-refractivity contribution in [1.29, 1.82) is 0 Å². The quantitative estimate of drug-likeness (QED) is 0.776. The molecule has 1 aromatic heterocycles. The minimum atomic E-state index is 0.336. The average Bonchev–Trinajstić information content (AvgIpc) is 2.53. The van der Waals surface area contributed by atoms with Crippen LogP contribution in [0.4, 0.5) is 0 Å². The topological polar surface area (TPSA) is 70.5 Å². The van der Waals surface area contributed by atoms with Gasteiger partial charge in [0.1, 0.15) is 5.69 Å². The van der Waals surface area contributed by atoms with E-state index in [1.807, 2.05) is 0 Å². The normalized spacial score (nSPS) is 9.95. The molecule has 0 aliphatic rings. The minimum absolute atomic E-state index is 0.336. The zero-order chi connectivity index (χ0) is 14.5. The number of hydrogen-bond acceptors (Lipinski definition) is 6. The van der Waals surface area contributed by atoms with Crippen LogP contribution in [0, 0.1) is 0 Å². The van der Waals surface area contributed by atoms with Gasteiger partial charge in [0.2, 0.25) is 5.88 Å². The fourth-order valence-electron chi connectivity index (χ4n) is 1.86. The molecule has 0 aliphatic heterocycles. The highest BCUT2D eigenvalue weighted by atomic mass is 16.5. The molecule has 0 bridgehead atoms. The van der Waals surface area contributed by atoms with Crippen molar-refractivity contribution < 1.29 is 19.0 Å². The lowest BCUT2D eigenvalue weighted by Crippen LogP contribution is -1.99. The van der Waals surface area contributed by atoms with Crippen LogP contribution in [0.5, 0.6) is 17.4 Å². The van der Waals surface area contributed by atoms with Gasteiger partial charge in [-0.1, -0.05) is 0 Å². The molecule has 104 valence electrons. The summed E-state index contributed by atoms with van der Waals surface area (Å²) in [6.07, 6.45) is 3.78. The number of carbonyl (C=O) groups is 1. The molecule has 0 N–H and O–H groups in total. The van der Waals surface area contributed by atoms with E-state index < -0.39 is 0 Å². The number of aldehydes is 1. The molecular weight excluding hydrogens is 260 g/mol. The largest absolute Gasteiger partial charge is 0.493 e. The number of ether oxygens (including phenoxy) is 3. The Morgan fingerprint density at radius 3 is 2.20 bits per heavy atom. The Labute approximate surface area is 116 Å². The third-order valence-corrected chi connectivity index (χ3v) is 2.80. The second-order valence-corrected chi connectivity index (χ2v) is 3.83. The Balaban J connectivity index is 2.69. The van der Waals surface area contributed by atoms with Crippen LogP contribution >= 0.6 is 0 Å². The maximum atomic E-state index is 11.3. The third kappa shape index (κ3) is 2.40. The van der Waals surface area contributed by atoms with Crippen LogP contribution < -0.4 is 14.2 Å². The van der Waals surface area contributed by atoms with Crippen molar-refractivity contribution in [3.63, 3.8) is 0 Å². The van der Waals surface area contributed by atoms with Crippen LogP contribution in [0.3, 0.4) is 0 Å². The van der Waals surface area contributed by atoms with E-state index in [1.54, 1.807) is 12.1 Å². The Morgan fingerprint density at radius 2 is 1.60 bits per heavy atom. The molecule has 1 aromatic carbocycles. The van der Waals surface area contributed by atoms with Gasteiger partial charge in [0.05, 0.1) is 21.3 Å². The highest BCUT2D eigenvalue weighted by Gasteiger charge is 2.17. The molecule has 0 spiro atoms. The Kier molecular flexibility index (Phi) is 4.14. The first-order valence-corrected chi connectivity index (χ1v) is 5.81. The van der Waals surface area contributed by atoms with Crippen LogP contribution in [0.2, 0.25) is 0 Å². The number of benzene rings is 1. The molecule has 0 amide bonds. The monoisotopic (exact) mass is 274 g/mol. The van der Waals surface area contributed by atoms with E-state index in [1.165, 1.54) is 33.7 Å². The predicted octanol–water partition coefficient (Wildman–Crippen LogP) is 1.98. The number of nitrogens with zero attached hydrogens (tertiary/aromatic N) is 2. The molecule has 0 atom stereocenters. The molecule has 2 aromatic rings. The summed E-state index contributed by atoms with van der Waals surface area (Å²) in [5.41, 5.74) is 1.46. The van der Waals surface area contributed by atoms with Gasteiger partial charge in [-0.15, -0.1) is 0 Å². The van der Waals surface area contributed by atoms with Crippen molar-refractivity contribution >= 4 is 6.29 Å². The first-order chi connectivity index (χ1) is 9.74. The van der Waals surface area contributed by atoms with Gasteiger partial charge in [-0.3, -0.25) is 4.79 Å². The third-order valence-electron chi connectivity index (χ3n) is 2.80. The molecular formula is C14H14N2O4. The smallest absolute Gasteiger partial charge is 0.240 e. The van der Waals surface area contributed by atoms with Crippen LogP contribution in [-0.2, 0) is 0 Å². The van der Waals surface area contributed by atoms with Gasteiger partial charge in [0.25, 0.3) is 0 Å². The lowest BCUT2D eigenvalue weighted by atomic mass is 10.0. The van der Waals surface area contributed by atoms with E-state index in [0.29, 0.717) is 34.2 Å². The summed E-state index contributed by atoms with van der Waals surface area (Å²) >= 11 is 0. The molecule has 20 heavy (non-hydrogen) atoms. The molecule has 0 saturated carbocycles. The molecule has 0 fully saturated rings. The molecule has 0 radical (unpaired) electrons. The molecule has 0 saturated heterocycles. The summed E-state index contributed by atoms with van der Waals surface area (Å²) in [6, 6.07) is 3.27. The summed E-state index contributed by atoms with van der Waals surface area (Å²) in [7, 11) is 4.53. The lowest BCUT2D eigenvalue weighted by Gasteiger charge is -2.13. The van der Waals surface area contributed by atoms with Crippen molar-refractivity contribution in [3.05, 3.63) is 30.1 Å². The predicted molar refractivity (Wildman–Crippen MR) is 72.5 cm³/mol. The molecule has 1 heterocycles. The van der Waals surface area contributed by atoms with E-state index in [-0.39, 0.29) is 0 Å². The molecule has 0 unspecified atom stereocenters. The van der Waals surface area contributed by atoms with Gasteiger partial charge < -0.3 is 14.2 Å². The van der Waals surface area contributed by atoms with E-state index in [0.717, 1.165) is 6.29 Å². The van der Waals surface area contributed by atoms with Crippen LogP contribution in [0.1, 0.15) is 10.4 Å². The SMILES string of the molecule is COc1cc(C=O)c(-c2nccnc2OC)cc1OC. The Hall–Kier alpha value is -2.63. The second-order valence-electron chi connectivity index (χ2n) is 3.83. The van der Waals surface area contributed by atoms with Gasteiger partial charge in [0, 0.05) is 23.5 Å². The van der Waals surface area contributed by atoms with Crippen molar-refractivity contribution in [1.82, 2.24) is 9.97 Å². The number of hydrogen-bond donors (Lipinski definition) is 0. The average molecular weight is 274 g/mol. The van der Waals surface area contributed by atoms with Gasteiger partial charge >= 0.3 is 0 Å². The summed E-state index contributed by atoms with van der Waals surface area (Å²) in [6.45, 7) is 0. The number of aromatic nitrogens is 2. The zero-order valence-corrected chi connectivity index (χ0v) is 11.4. The highest BCUT2D eigenvalue weighted by molar-refractivity contribution is 5.89. The maximum absolute atomic E-state index is 11.3. The lowest BCUT2D eigenvalue weighted by molar-refractivity contribution is 0.112. The van der Waals surface area contributed by atoms with Gasteiger partial charge in [-0.2, -0.15) is 0 Å². The van der Waals surface area contributed by atoms with Crippen LogP contribution in [-0.4, -0.2) is 37.6 Å². The first kappa shape index (κ1) is 13.8. The van der Waals surface area contributed by atoms with Gasteiger partial charge in [-0.25, -0.2) is 9.97 Å². The van der Waals surface area contributed by atoms with E-state index >= 15 is 0 Å². The van der Waals surface area contributed by atoms with Gasteiger partial charge in [-0.05, 0) is 12.1 Å². The molecule has 6 heteroatoms. The fourth-order valence-corrected chi connectivity index (χ4v) is 1.86. The maximum Gasteiger partial charge on any atom is 0.240 e. The number of methoxy groups -OCH3 is 3. The van der Waals surface area contributed by atoms with E-state index in [2.05, 4.69) is 9.97 Å². The van der Waals surface area contributed by atoms with Crippen molar-refractivity contribution in [3.8, 4) is 28.6 Å². The number of rotatable bonds is 5. The first-order valence-electron chi connectivity index (χ1n) is 5.81. The Bertz CT molecular complexity index is 629. The molecule has 2 rings (SSSR count). The van der Waals surface area contributed by atoms with Crippen LogP contribution in [0.15, 0.2) is 24.5 Å². The number of carbonyl (C=O) groups excluding carboxylic acids is 1. The zero-order valence-electron chi connectivity index (χ0n) is 11.4. The summed E-state index contributed by atoms with van der Waals surface area (Å²) in [5, 5.41) is 0. The van der Waals surface area contributed by atoms with E-state index in [4.69, 9.17) is 14.2 Å². The van der Waals surface area contributed by atoms with Crippen molar-refractivity contribution in [2.24, 2.45) is 0 Å². The van der Waals surface area contributed by atoms with Gasteiger partial charge in [0.15, 0.2) is 17.8 Å². The minimum Gasteiger partial charge on any atom is -0.493 e. The fraction of sp³-hybridized carbons (Fsp3) is 0.214. The molecule has 6 nitrogen and oxygen atoms in total. The van der Waals surface area contributed by atoms with Crippen molar-refractivity contribution in [2.75, 3.05) is 21.3 Å². The second kappa shape index (κ2) is 6.01. The summed E-state index contributed by atoms with van der Waals surface area (Å²) in [4.78, 5) is 19.6. The van der Waals surface area contributed by atoms with Crippen LogP contribution in [0.25, 0.3) is 11.3 Å². The standard InChI is InChI=1S/C14H14N2O4/c1-18-11-6-9(8-17)10(7-12(11)19-2)13-14(20-3)16-5-4-15-13/h4-8H,1-3H3. The molecule has 0 aliphatic carbocycles. The van der Waals surface area contributed by atoms with E-state index in [9.17, 15) is 4.79 Å². The summed E-state index contributed by atoms with van der Waals surface area (Å²) in [5.74, 6) is 1.31. The Morgan fingerprint density at radius 1 is 0.950 bits per heavy atom.